The first-order chi connectivity index (χ1) is 9.96. The number of benzene rings is 1. The lowest BCUT2D eigenvalue weighted by Gasteiger charge is -2.15. The number of carbonyl (C=O) groups is 1. The summed E-state index contributed by atoms with van der Waals surface area (Å²) in [5, 5.41) is 5.04. The summed E-state index contributed by atoms with van der Waals surface area (Å²) in [5.41, 5.74) is 1.24. The highest BCUT2D eigenvalue weighted by atomic mass is 28.3. The Morgan fingerprint density at radius 1 is 1.33 bits per heavy atom. The second-order valence-corrected chi connectivity index (χ2v) is 11.8. The van der Waals surface area contributed by atoms with Crippen LogP contribution >= 0.6 is 0 Å². The quantitative estimate of drug-likeness (QED) is 0.448. The van der Waals surface area contributed by atoms with Crippen molar-refractivity contribution in [1.82, 2.24) is 9.78 Å². The zero-order valence-corrected chi connectivity index (χ0v) is 14.0. The summed E-state index contributed by atoms with van der Waals surface area (Å²) in [6.45, 7) is 8.01. The highest BCUT2D eigenvalue weighted by Gasteiger charge is 2.15. The van der Waals surface area contributed by atoms with Crippen LogP contribution in [0.2, 0.25) is 25.7 Å². The molecule has 0 saturated heterocycles. The lowest BCUT2D eigenvalue weighted by molar-refractivity contribution is 0.0812. The summed E-state index contributed by atoms with van der Waals surface area (Å²) >= 11 is 0. The van der Waals surface area contributed by atoms with Crippen molar-refractivity contribution in [2.75, 3.05) is 13.7 Å². The number of carbonyl (C=O) groups excluding carboxylic acids is 1. The molecule has 2 aromatic rings. The molecule has 0 radical (unpaired) electrons. The summed E-state index contributed by atoms with van der Waals surface area (Å²) in [4.78, 5) is 11.2. The normalized spacial score (nSPS) is 11.8. The van der Waals surface area contributed by atoms with Gasteiger partial charge in [0.15, 0.2) is 6.29 Å². The molecule has 0 N–H and O–H groups in total. The molecule has 0 atom stereocenters. The molecule has 0 aliphatic carbocycles. The summed E-state index contributed by atoms with van der Waals surface area (Å²) in [7, 11) is 0.492. The van der Waals surface area contributed by atoms with Gasteiger partial charge >= 0.3 is 0 Å². The predicted molar refractivity (Wildman–Crippen MR) is 85.8 cm³/mol. The van der Waals surface area contributed by atoms with E-state index in [1.165, 1.54) is 0 Å². The van der Waals surface area contributed by atoms with Crippen molar-refractivity contribution in [3.63, 3.8) is 0 Å². The lowest BCUT2D eigenvalue weighted by atomic mass is 10.2. The Morgan fingerprint density at radius 3 is 2.71 bits per heavy atom. The van der Waals surface area contributed by atoms with Crippen molar-refractivity contribution < 1.29 is 14.3 Å². The van der Waals surface area contributed by atoms with Crippen molar-refractivity contribution in [1.29, 1.82) is 0 Å². The fourth-order valence-electron chi connectivity index (χ4n) is 2.11. The van der Waals surface area contributed by atoms with Gasteiger partial charge < -0.3 is 9.47 Å². The van der Waals surface area contributed by atoms with Crippen LogP contribution in [0.25, 0.3) is 10.9 Å². The molecule has 1 aromatic carbocycles. The maximum atomic E-state index is 11.2. The second kappa shape index (κ2) is 6.40. The summed E-state index contributed by atoms with van der Waals surface area (Å²) in [6, 6.07) is 6.74. The van der Waals surface area contributed by atoms with Crippen LogP contribution in [0.5, 0.6) is 5.75 Å². The number of rotatable bonds is 7. The van der Waals surface area contributed by atoms with Gasteiger partial charge in [0.05, 0.1) is 18.0 Å². The van der Waals surface area contributed by atoms with Gasteiger partial charge in [0.2, 0.25) is 0 Å². The van der Waals surface area contributed by atoms with Crippen LogP contribution in [-0.2, 0) is 11.5 Å². The maximum Gasteiger partial charge on any atom is 0.171 e. The molecule has 5 nitrogen and oxygen atoms in total. The summed E-state index contributed by atoms with van der Waals surface area (Å²) in [5.74, 6) is 0.656. The van der Waals surface area contributed by atoms with Crippen LogP contribution in [0.4, 0.5) is 0 Å². The van der Waals surface area contributed by atoms with Crippen molar-refractivity contribution >= 4 is 25.3 Å². The van der Waals surface area contributed by atoms with Gasteiger partial charge in [-0.25, -0.2) is 4.68 Å². The first-order valence-electron chi connectivity index (χ1n) is 7.03. The van der Waals surface area contributed by atoms with E-state index in [9.17, 15) is 4.79 Å². The highest BCUT2D eigenvalue weighted by molar-refractivity contribution is 6.76. The second-order valence-electron chi connectivity index (χ2n) is 6.21. The molecule has 0 saturated carbocycles. The van der Waals surface area contributed by atoms with Crippen molar-refractivity contribution in [3.8, 4) is 5.75 Å². The zero-order chi connectivity index (χ0) is 15.5. The third-order valence-electron chi connectivity index (χ3n) is 3.31. The Balaban J connectivity index is 2.19. The number of fused-ring (bicyclic) bond motifs is 1. The molecule has 0 unspecified atom stereocenters. The van der Waals surface area contributed by atoms with E-state index in [-0.39, 0.29) is 0 Å². The number of nitrogens with zero attached hydrogens (tertiary/aromatic N) is 2. The van der Waals surface area contributed by atoms with Crippen LogP contribution in [0.15, 0.2) is 18.2 Å². The first-order valence-corrected chi connectivity index (χ1v) is 10.7. The van der Waals surface area contributed by atoms with Gasteiger partial charge in [0, 0.05) is 14.7 Å². The third kappa shape index (κ3) is 3.71. The Morgan fingerprint density at radius 2 is 2.10 bits per heavy atom. The molecular formula is C15H22N2O3Si. The fourth-order valence-corrected chi connectivity index (χ4v) is 2.86. The molecule has 6 heteroatoms. The Bertz CT molecular complexity index is 632. The van der Waals surface area contributed by atoms with Crippen molar-refractivity contribution in [2.45, 2.75) is 32.4 Å². The van der Waals surface area contributed by atoms with Crippen LogP contribution in [0.1, 0.15) is 10.5 Å². The van der Waals surface area contributed by atoms with Crippen LogP contribution in [0, 0.1) is 0 Å². The van der Waals surface area contributed by atoms with E-state index in [2.05, 4.69) is 24.7 Å². The SMILES string of the molecule is COc1cccc2c1c(C=O)nn2COCC[Si](C)(C)C. The molecule has 0 aliphatic rings. The minimum atomic E-state index is -1.10. The summed E-state index contributed by atoms with van der Waals surface area (Å²) in [6.07, 6.45) is 0.753. The molecule has 1 heterocycles. The van der Waals surface area contributed by atoms with E-state index in [1.54, 1.807) is 11.8 Å². The minimum absolute atomic E-state index is 0.349. The average Bonchev–Trinajstić information content (AvgIpc) is 2.81. The lowest BCUT2D eigenvalue weighted by Crippen LogP contribution is -2.22. The third-order valence-corrected chi connectivity index (χ3v) is 5.01. The monoisotopic (exact) mass is 306 g/mol. The highest BCUT2D eigenvalue weighted by Crippen LogP contribution is 2.28. The van der Waals surface area contributed by atoms with E-state index in [0.717, 1.165) is 29.8 Å². The molecule has 0 bridgehead atoms. The molecule has 0 fully saturated rings. The Kier molecular flexibility index (Phi) is 4.79. The predicted octanol–water partition coefficient (Wildman–Crippen LogP) is 3.17. The number of aldehydes is 1. The molecule has 0 amide bonds. The molecule has 0 spiro atoms. The van der Waals surface area contributed by atoms with Crippen LogP contribution in [0.3, 0.4) is 0 Å². The largest absolute Gasteiger partial charge is 0.496 e. The molecule has 2 rings (SSSR count). The van der Waals surface area contributed by atoms with E-state index < -0.39 is 8.07 Å². The minimum Gasteiger partial charge on any atom is -0.496 e. The van der Waals surface area contributed by atoms with Gasteiger partial charge in [0.25, 0.3) is 0 Å². The van der Waals surface area contributed by atoms with E-state index >= 15 is 0 Å². The van der Waals surface area contributed by atoms with E-state index in [1.807, 2.05) is 18.2 Å². The standard InChI is InChI=1S/C15H22N2O3Si/c1-19-14-7-5-6-13-15(14)12(10-18)16-17(13)11-20-8-9-21(2,3)4/h5-7,10H,8-9,11H2,1-4H3. The molecular weight excluding hydrogens is 284 g/mol. The summed E-state index contributed by atoms with van der Waals surface area (Å²) < 4.78 is 12.7. The molecule has 114 valence electrons. The van der Waals surface area contributed by atoms with Gasteiger partial charge in [0.1, 0.15) is 18.2 Å². The van der Waals surface area contributed by atoms with Gasteiger partial charge in [-0.2, -0.15) is 5.10 Å². The fraction of sp³-hybridized carbons (Fsp3) is 0.467. The van der Waals surface area contributed by atoms with Gasteiger partial charge in [-0.1, -0.05) is 25.7 Å². The van der Waals surface area contributed by atoms with Crippen LogP contribution in [-0.4, -0.2) is 37.9 Å². The Hall–Kier alpha value is -1.66. The van der Waals surface area contributed by atoms with E-state index in [4.69, 9.17) is 9.47 Å². The number of ether oxygens (including phenoxy) is 2. The molecule has 1 aromatic heterocycles. The average molecular weight is 306 g/mol. The van der Waals surface area contributed by atoms with Crippen LogP contribution < -0.4 is 4.74 Å². The Labute approximate surface area is 125 Å². The number of hydrogen-bond acceptors (Lipinski definition) is 4. The number of methoxy groups -OCH3 is 1. The topological polar surface area (TPSA) is 53.3 Å². The molecule has 0 aliphatic heterocycles. The van der Waals surface area contributed by atoms with Gasteiger partial charge in [-0.3, -0.25) is 4.79 Å². The smallest absolute Gasteiger partial charge is 0.171 e. The maximum absolute atomic E-state index is 11.2. The number of aromatic nitrogens is 2. The van der Waals surface area contributed by atoms with E-state index in [0.29, 0.717) is 18.2 Å². The van der Waals surface area contributed by atoms with Crippen molar-refractivity contribution in [2.24, 2.45) is 0 Å². The van der Waals surface area contributed by atoms with Crippen molar-refractivity contribution in [3.05, 3.63) is 23.9 Å². The first kappa shape index (κ1) is 15.7. The zero-order valence-electron chi connectivity index (χ0n) is 13.0. The molecule has 21 heavy (non-hydrogen) atoms. The van der Waals surface area contributed by atoms with Gasteiger partial charge in [-0.15, -0.1) is 0 Å². The number of hydrogen-bond donors (Lipinski definition) is 0. The van der Waals surface area contributed by atoms with Gasteiger partial charge in [-0.05, 0) is 18.2 Å².